The third kappa shape index (κ3) is 5.49. The highest BCUT2D eigenvalue weighted by Crippen LogP contribution is 2.18. The highest BCUT2D eigenvalue weighted by atomic mass is 35.5. The molecule has 1 saturated heterocycles. The van der Waals surface area contributed by atoms with Crippen LogP contribution in [-0.2, 0) is 9.59 Å². The molecule has 0 aromatic heterocycles. The average Bonchev–Trinajstić information content (AvgIpc) is 2.53. The number of likely N-dealkylation sites (tertiary alicyclic amines) is 1. The van der Waals surface area contributed by atoms with E-state index in [2.05, 4.69) is 5.32 Å². The number of halogens is 1. The van der Waals surface area contributed by atoms with E-state index in [-0.39, 0.29) is 30.8 Å². The third-order valence-electron chi connectivity index (χ3n) is 4.06. The van der Waals surface area contributed by atoms with Crippen molar-refractivity contribution in [2.24, 2.45) is 11.7 Å². The lowest BCUT2D eigenvalue weighted by Gasteiger charge is -2.30. The molecule has 1 fully saturated rings. The van der Waals surface area contributed by atoms with Crippen molar-refractivity contribution < 1.29 is 14.7 Å². The molecule has 2 amide bonds. The normalized spacial score (nSPS) is 17.7. The lowest BCUT2D eigenvalue weighted by Crippen LogP contribution is -2.44. The molecule has 0 aliphatic carbocycles. The van der Waals surface area contributed by atoms with Crippen LogP contribution in [0.25, 0.3) is 0 Å². The van der Waals surface area contributed by atoms with Crippen molar-refractivity contribution in [2.45, 2.75) is 18.9 Å². The minimum absolute atomic E-state index is 0.0586. The molecular weight excluding hydrogens is 318 g/mol. The highest BCUT2D eigenvalue weighted by Gasteiger charge is 2.25. The van der Waals surface area contributed by atoms with E-state index in [1.54, 1.807) is 24.3 Å². The second-order valence-electron chi connectivity index (χ2n) is 5.83. The number of carbonyl (C=O) groups excluding carboxylic acids is 2. The first-order valence-electron chi connectivity index (χ1n) is 7.67. The molecule has 0 bridgehead atoms. The molecule has 0 spiro atoms. The van der Waals surface area contributed by atoms with E-state index >= 15 is 0 Å². The Morgan fingerprint density at radius 3 is 2.48 bits per heavy atom. The summed E-state index contributed by atoms with van der Waals surface area (Å²) in [5.41, 5.74) is 5.88. The molecular formula is C16H22ClN3O3. The van der Waals surface area contributed by atoms with Gasteiger partial charge in [0.25, 0.3) is 0 Å². The van der Waals surface area contributed by atoms with Crippen molar-refractivity contribution in [1.29, 1.82) is 0 Å². The number of hydrogen-bond donors (Lipinski definition) is 3. The van der Waals surface area contributed by atoms with Gasteiger partial charge in [-0.25, -0.2) is 0 Å². The van der Waals surface area contributed by atoms with Gasteiger partial charge in [-0.1, -0.05) is 23.7 Å². The van der Waals surface area contributed by atoms with Crippen molar-refractivity contribution in [1.82, 2.24) is 10.2 Å². The minimum atomic E-state index is -0.758. The smallest absolute Gasteiger partial charge is 0.231 e. The first-order valence-corrected chi connectivity index (χ1v) is 8.05. The number of nitrogens with one attached hydrogen (secondary N) is 1. The quantitative estimate of drug-likeness (QED) is 0.710. The number of benzene rings is 1. The molecule has 23 heavy (non-hydrogen) atoms. The van der Waals surface area contributed by atoms with Crippen LogP contribution in [0.15, 0.2) is 24.3 Å². The maximum absolute atomic E-state index is 12.2. The predicted octanol–water partition coefficient (Wildman–Crippen LogP) is 0.687. The molecule has 0 radical (unpaired) electrons. The number of hydrogen-bond acceptors (Lipinski definition) is 4. The summed E-state index contributed by atoms with van der Waals surface area (Å²) in [5.74, 6) is -0.493. The third-order valence-corrected chi connectivity index (χ3v) is 4.31. The Balaban J connectivity index is 1.75. The van der Waals surface area contributed by atoms with Crippen LogP contribution in [-0.4, -0.2) is 48.0 Å². The average molecular weight is 340 g/mol. The first-order chi connectivity index (χ1) is 11.0. The maximum atomic E-state index is 12.2. The van der Waals surface area contributed by atoms with Crippen LogP contribution >= 0.6 is 11.6 Å². The number of nitrogens with two attached hydrogens (primary N) is 1. The summed E-state index contributed by atoms with van der Waals surface area (Å²) in [7, 11) is 0. The van der Waals surface area contributed by atoms with Crippen LogP contribution in [0.2, 0.25) is 5.02 Å². The van der Waals surface area contributed by atoms with Gasteiger partial charge >= 0.3 is 0 Å². The molecule has 2 rings (SSSR count). The van der Waals surface area contributed by atoms with Gasteiger partial charge in [-0.15, -0.1) is 0 Å². The number of amides is 2. The first kappa shape index (κ1) is 17.7. The lowest BCUT2D eigenvalue weighted by atomic mass is 9.95. The van der Waals surface area contributed by atoms with E-state index < -0.39 is 6.10 Å². The maximum Gasteiger partial charge on any atom is 0.231 e. The Morgan fingerprint density at radius 2 is 1.91 bits per heavy atom. The molecule has 1 aliphatic rings. The van der Waals surface area contributed by atoms with Gasteiger partial charge < -0.3 is 16.2 Å². The van der Waals surface area contributed by atoms with Crippen LogP contribution in [0.1, 0.15) is 24.5 Å². The number of piperidine rings is 1. The molecule has 1 aliphatic heterocycles. The van der Waals surface area contributed by atoms with E-state index in [0.29, 0.717) is 36.5 Å². The molecule has 126 valence electrons. The fourth-order valence-corrected chi connectivity index (χ4v) is 2.84. The van der Waals surface area contributed by atoms with Crippen LogP contribution in [0.5, 0.6) is 0 Å². The number of nitrogens with zero attached hydrogens (tertiary/aromatic N) is 1. The van der Waals surface area contributed by atoms with Crippen LogP contribution in [0, 0.1) is 5.92 Å². The van der Waals surface area contributed by atoms with Crippen molar-refractivity contribution in [2.75, 3.05) is 26.2 Å². The van der Waals surface area contributed by atoms with Gasteiger partial charge in [0, 0.05) is 17.5 Å². The molecule has 6 nitrogen and oxygen atoms in total. The molecule has 1 atom stereocenters. The fourth-order valence-electron chi connectivity index (χ4n) is 2.72. The monoisotopic (exact) mass is 339 g/mol. The molecule has 4 N–H and O–H groups in total. The summed E-state index contributed by atoms with van der Waals surface area (Å²) in [5, 5.41) is 13.5. The minimum Gasteiger partial charge on any atom is -0.387 e. The van der Waals surface area contributed by atoms with Crippen LogP contribution < -0.4 is 11.1 Å². The number of rotatable bonds is 6. The van der Waals surface area contributed by atoms with E-state index in [4.69, 9.17) is 17.3 Å². The number of primary amides is 1. The zero-order valence-corrected chi connectivity index (χ0v) is 13.6. The molecule has 7 heteroatoms. The van der Waals surface area contributed by atoms with Crippen molar-refractivity contribution in [3.8, 4) is 0 Å². The van der Waals surface area contributed by atoms with Crippen molar-refractivity contribution >= 4 is 23.4 Å². The number of aliphatic hydroxyl groups excluding tert-OH is 1. The summed E-state index contributed by atoms with van der Waals surface area (Å²) >= 11 is 5.80. The van der Waals surface area contributed by atoms with E-state index in [0.717, 1.165) is 0 Å². The Kier molecular flexibility index (Phi) is 6.38. The number of aliphatic hydroxyl groups is 1. The topological polar surface area (TPSA) is 95.7 Å². The van der Waals surface area contributed by atoms with Crippen LogP contribution in [0.4, 0.5) is 0 Å². The van der Waals surface area contributed by atoms with E-state index in [1.165, 1.54) is 0 Å². The largest absolute Gasteiger partial charge is 0.387 e. The molecule has 0 saturated carbocycles. The second kappa shape index (κ2) is 8.29. The predicted molar refractivity (Wildman–Crippen MR) is 87.8 cm³/mol. The van der Waals surface area contributed by atoms with Crippen LogP contribution in [0.3, 0.4) is 0 Å². The summed E-state index contributed by atoms with van der Waals surface area (Å²) in [6, 6.07) is 6.88. The van der Waals surface area contributed by atoms with Gasteiger partial charge in [0.1, 0.15) is 0 Å². The SMILES string of the molecule is NC(=O)CN1CCC(C(=O)NC[C@@H](O)c2ccc(Cl)cc2)CC1. The highest BCUT2D eigenvalue weighted by molar-refractivity contribution is 6.30. The standard InChI is InChI=1S/C16H22ClN3O3/c17-13-3-1-11(2-4-13)14(21)9-19-16(23)12-5-7-20(8-6-12)10-15(18)22/h1-4,12,14,21H,5-10H2,(H2,18,22)(H,19,23)/t14-/m1/s1. The Hall–Kier alpha value is -1.63. The van der Waals surface area contributed by atoms with E-state index in [9.17, 15) is 14.7 Å². The molecule has 1 aromatic rings. The van der Waals surface area contributed by atoms with Gasteiger partial charge in [0.15, 0.2) is 0 Å². The van der Waals surface area contributed by atoms with Gasteiger partial charge in [0.2, 0.25) is 11.8 Å². The lowest BCUT2D eigenvalue weighted by molar-refractivity contribution is -0.127. The zero-order chi connectivity index (χ0) is 16.8. The van der Waals surface area contributed by atoms with Crippen molar-refractivity contribution in [3.63, 3.8) is 0 Å². The van der Waals surface area contributed by atoms with Gasteiger partial charge in [-0.2, -0.15) is 0 Å². The summed E-state index contributed by atoms with van der Waals surface area (Å²) in [6.45, 7) is 1.77. The summed E-state index contributed by atoms with van der Waals surface area (Å²) in [6.07, 6.45) is 0.623. The Morgan fingerprint density at radius 1 is 1.30 bits per heavy atom. The van der Waals surface area contributed by atoms with Gasteiger partial charge in [-0.3, -0.25) is 14.5 Å². The summed E-state index contributed by atoms with van der Waals surface area (Å²) < 4.78 is 0. The summed E-state index contributed by atoms with van der Waals surface area (Å²) in [4.78, 5) is 25.0. The fraction of sp³-hybridized carbons (Fsp3) is 0.500. The van der Waals surface area contributed by atoms with Crippen molar-refractivity contribution in [3.05, 3.63) is 34.9 Å². The second-order valence-corrected chi connectivity index (χ2v) is 6.27. The van der Waals surface area contributed by atoms with Gasteiger partial charge in [-0.05, 0) is 43.6 Å². The van der Waals surface area contributed by atoms with E-state index in [1.807, 2.05) is 4.90 Å². The van der Waals surface area contributed by atoms with Gasteiger partial charge in [0.05, 0.1) is 12.6 Å². The molecule has 1 heterocycles. The molecule has 1 aromatic carbocycles. The Labute approximate surface area is 140 Å². The Bertz CT molecular complexity index is 542. The number of carbonyl (C=O) groups is 2. The zero-order valence-electron chi connectivity index (χ0n) is 12.9. The molecule has 0 unspecified atom stereocenters.